The number of aryl methyl sites for hydroxylation is 1. The van der Waals surface area contributed by atoms with Crippen molar-refractivity contribution in [2.24, 2.45) is 0 Å². The van der Waals surface area contributed by atoms with Crippen molar-refractivity contribution in [3.8, 4) is 10.6 Å². The molecule has 7 heteroatoms. The molecule has 0 aliphatic carbocycles. The number of hydrogen-bond acceptors (Lipinski definition) is 6. The molecule has 0 bridgehead atoms. The summed E-state index contributed by atoms with van der Waals surface area (Å²) in [4.78, 5) is 23.9. The van der Waals surface area contributed by atoms with E-state index in [0.717, 1.165) is 22.0 Å². The lowest BCUT2D eigenvalue weighted by atomic mass is 9.84. The monoisotopic (exact) mass is 470 g/mol. The summed E-state index contributed by atoms with van der Waals surface area (Å²) in [5.74, 6) is 0.582. The number of pyridine rings is 1. The topological polar surface area (TPSA) is 78.4 Å². The normalized spacial score (nSPS) is 15.2. The second kappa shape index (κ2) is 9.37. The standard InChI is InChI=1S/C27H26N4O2S/c1-19-7-9-20(10-8-19)26-30-23(18-34-26)25(32)29-22-11-12-24(28-17-22)31-15-13-27(33,14-16-31)21-5-3-2-4-6-21/h2-12,17-18,33H,13-16H2,1H3,(H,29,32). The second-order valence-electron chi connectivity index (χ2n) is 8.65. The molecule has 172 valence electrons. The third-order valence-electron chi connectivity index (χ3n) is 6.27. The number of piperidine rings is 1. The van der Waals surface area contributed by atoms with E-state index >= 15 is 0 Å². The van der Waals surface area contributed by atoms with Gasteiger partial charge in [-0.3, -0.25) is 4.79 Å². The summed E-state index contributed by atoms with van der Waals surface area (Å²) in [6, 6.07) is 21.7. The van der Waals surface area contributed by atoms with Crippen molar-refractivity contribution in [3.05, 3.63) is 95.1 Å². The summed E-state index contributed by atoms with van der Waals surface area (Å²) in [5, 5.41) is 16.5. The SMILES string of the molecule is Cc1ccc(-c2nc(C(=O)Nc3ccc(N4CCC(O)(c5ccccc5)CC4)nc3)cs2)cc1. The van der Waals surface area contributed by atoms with Crippen LogP contribution in [-0.2, 0) is 5.60 Å². The first-order valence-electron chi connectivity index (χ1n) is 11.3. The zero-order valence-electron chi connectivity index (χ0n) is 18.9. The summed E-state index contributed by atoms with van der Waals surface area (Å²) in [7, 11) is 0. The number of hydrogen-bond donors (Lipinski definition) is 2. The molecule has 34 heavy (non-hydrogen) atoms. The van der Waals surface area contributed by atoms with Crippen LogP contribution in [0.3, 0.4) is 0 Å². The van der Waals surface area contributed by atoms with Gasteiger partial charge in [0.15, 0.2) is 0 Å². The molecule has 0 atom stereocenters. The number of anilines is 2. The number of carbonyl (C=O) groups is 1. The van der Waals surface area contributed by atoms with Crippen LogP contribution in [0.25, 0.3) is 10.6 Å². The van der Waals surface area contributed by atoms with Crippen molar-refractivity contribution in [2.75, 3.05) is 23.3 Å². The molecule has 1 saturated heterocycles. The molecule has 5 rings (SSSR count). The van der Waals surface area contributed by atoms with E-state index in [4.69, 9.17) is 0 Å². The summed E-state index contributed by atoms with van der Waals surface area (Å²) in [6.07, 6.45) is 2.95. The molecule has 6 nitrogen and oxygen atoms in total. The Labute approximate surface area is 202 Å². The number of aliphatic hydroxyl groups is 1. The van der Waals surface area contributed by atoms with E-state index < -0.39 is 5.60 Å². The summed E-state index contributed by atoms with van der Waals surface area (Å²) < 4.78 is 0. The van der Waals surface area contributed by atoms with Crippen LogP contribution in [0.5, 0.6) is 0 Å². The Bertz CT molecular complexity index is 1260. The van der Waals surface area contributed by atoms with Crippen LogP contribution in [-0.4, -0.2) is 34.1 Å². The molecular weight excluding hydrogens is 444 g/mol. The highest BCUT2D eigenvalue weighted by molar-refractivity contribution is 7.13. The Morgan fingerprint density at radius 3 is 2.44 bits per heavy atom. The quantitative estimate of drug-likeness (QED) is 0.416. The van der Waals surface area contributed by atoms with Crippen molar-refractivity contribution in [1.82, 2.24) is 9.97 Å². The Morgan fingerprint density at radius 2 is 1.76 bits per heavy atom. The first-order chi connectivity index (χ1) is 16.5. The minimum Gasteiger partial charge on any atom is -0.385 e. The van der Waals surface area contributed by atoms with Gasteiger partial charge in [0, 0.05) is 24.0 Å². The smallest absolute Gasteiger partial charge is 0.275 e. The van der Waals surface area contributed by atoms with Crippen LogP contribution in [0.2, 0.25) is 0 Å². The van der Waals surface area contributed by atoms with Gasteiger partial charge in [-0.25, -0.2) is 9.97 Å². The maximum Gasteiger partial charge on any atom is 0.275 e. The van der Waals surface area contributed by atoms with Crippen molar-refractivity contribution < 1.29 is 9.90 Å². The predicted octanol–water partition coefficient (Wildman–Crippen LogP) is 5.25. The van der Waals surface area contributed by atoms with Gasteiger partial charge in [0.2, 0.25) is 0 Å². The number of benzene rings is 2. The molecule has 4 aromatic rings. The van der Waals surface area contributed by atoms with Crippen molar-refractivity contribution in [2.45, 2.75) is 25.4 Å². The Kier molecular flexibility index (Phi) is 6.13. The Morgan fingerprint density at radius 1 is 1.03 bits per heavy atom. The van der Waals surface area contributed by atoms with Crippen molar-refractivity contribution >= 4 is 28.7 Å². The maximum absolute atomic E-state index is 12.7. The third kappa shape index (κ3) is 4.71. The lowest BCUT2D eigenvalue weighted by Gasteiger charge is -2.39. The molecule has 1 aliphatic rings. The maximum atomic E-state index is 12.7. The fraction of sp³-hybridized carbons (Fsp3) is 0.222. The molecule has 2 N–H and O–H groups in total. The molecule has 3 heterocycles. The van der Waals surface area contributed by atoms with Crippen LogP contribution in [0.4, 0.5) is 11.5 Å². The van der Waals surface area contributed by atoms with E-state index in [1.807, 2.05) is 73.7 Å². The Balaban J connectivity index is 1.20. The molecule has 2 aromatic carbocycles. The molecule has 0 saturated carbocycles. The van der Waals surface area contributed by atoms with Crippen LogP contribution >= 0.6 is 11.3 Å². The van der Waals surface area contributed by atoms with E-state index in [1.54, 1.807) is 11.6 Å². The number of nitrogens with zero attached hydrogens (tertiary/aromatic N) is 3. The lowest BCUT2D eigenvalue weighted by Crippen LogP contribution is -2.42. The first kappa shape index (κ1) is 22.3. The highest BCUT2D eigenvalue weighted by Crippen LogP contribution is 2.34. The van der Waals surface area contributed by atoms with Crippen LogP contribution in [0, 0.1) is 6.92 Å². The number of rotatable bonds is 5. The average Bonchev–Trinajstić information content (AvgIpc) is 3.37. The zero-order chi connectivity index (χ0) is 23.5. The largest absolute Gasteiger partial charge is 0.385 e. The zero-order valence-corrected chi connectivity index (χ0v) is 19.8. The molecular formula is C27H26N4O2S. The van der Waals surface area contributed by atoms with Gasteiger partial charge in [-0.05, 0) is 37.5 Å². The van der Waals surface area contributed by atoms with Gasteiger partial charge in [0.25, 0.3) is 5.91 Å². The predicted molar refractivity (Wildman–Crippen MR) is 136 cm³/mol. The third-order valence-corrected chi connectivity index (χ3v) is 7.16. The Hall–Kier alpha value is -3.55. The molecule has 1 aliphatic heterocycles. The second-order valence-corrected chi connectivity index (χ2v) is 9.51. The van der Waals surface area contributed by atoms with Crippen LogP contribution in [0.15, 0.2) is 78.3 Å². The van der Waals surface area contributed by atoms with Gasteiger partial charge >= 0.3 is 0 Å². The fourth-order valence-electron chi connectivity index (χ4n) is 4.19. The number of thiazole rings is 1. The number of amides is 1. The average molecular weight is 471 g/mol. The summed E-state index contributed by atoms with van der Waals surface area (Å²) in [5.41, 5.74) is 3.37. The molecule has 2 aromatic heterocycles. The highest BCUT2D eigenvalue weighted by atomic mass is 32.1. The molecule has 1 fully saturated rings. The van der Waals surface area contributed by atoms with Gasteiger partial charge < -0.3 is 15.3 Å². The number of carbonyl (C=O) groups excluding carboxylic acids is 1. The molecule has 0 spiro atoms. The van der Waals surface area contributed by atoms with E-state index in [2.05, 4.69) is 20.2 Å². The first-order valence-corrected chi connectivity index (χ1v) is 12.2. The van der Waals surface area contributed by atoms with Gasteiger partial charge in [-0.1, -0.05) is 60.2 Å². The van der Waals surface area contributed by atoms with Crippen LogP contribution < -0.4 is 10.2 Å². The minimum absolute atomic E-state index is 0.255. The van der Waals surface area contributed by atoms with Gasteiger partial charge in [0.05, 0.1) is 17.5 Å². The minimum atomic E-state index is -0.795. The van der Waals surface area contributed by atoms with Gasteiger partial charge in [-0.15, -0.1) is 11.3 Å². The van der Waals surface area contributed by atoms with E-state index in [9.17, 15) is 9.90 Å². The fourth-order valence-corrected chi connectivity index (χ4v) is 5.00. The van der Waals surface area contributed by atoms with Crippen molar-refractivity contribution in [3.63, 3.8) is 0 Å². The van der Waals surface area contributed by atoms with E-state index in [0.29, 0.717) is 37.3 Å². The number of aromatic nitrogens is 2. The summed E-state index contributed by atoms with van der Waals surface area (Å²) >= 11 is 1.45. The molecule has 1 amide bonds. The lowest BCUT2D eigenvalue weighted by molar-refractivity contribution is 0.0116. The van der Waals surface area contributed by atoms with E-state index in [1.165, 1.54) is 16.9 Å². The van der Waals surface area contributed by atoms with Gasteiger partial charge in [-0.2, -0.15) is 0 Å². The highest BCUT2D eigenvalue weighted by Gasteiger charge is 2.34. The van der Waals surface area contributed by atoms with Gasteiger partial charge in [0.1, 0.15) is 16.5 Å². The summed E-state index contributed by atoms with van der Waals surface area (Å²) in [6.45, 7) is 3.47. The van der Waals surface area contributed by atoms with Crippen molar-refractivity contribution in [1.29, 1.82) is 0 Å². The van der Waals surface area contributed by atoms with Crippen LogP contribution in [0.1, 0.15) is 34.5 Å². The molecule has 0 unspecified atom stereocenters. The van der Waals surface area contributed by atoms with E-state index in [-0.39, 0.29) is 5.91 Å². The number of nitrogens with one attached hydrogen (secondary N) is 1. The molecule has 0 radical (unpaired) electrons.